The van der Waals surface area contributed by atoms with E-state index in [-0.39, 0.29) is 5.91 Å². The van der Waals surface area contributed by atoms with E-state index in [1.54, 1.807) is 12.3 Å². The molecule has 1 amide bonds. The van der Waals surface area contributed by atoms with Gasteiger partial charge in [0.1, 0.15) is 5.75 Å². The standard InChI is InChI=1S/C16H17ClN2O2/c1-10-8-13(21-3)14(11(2)15(10)17)16(20)19-9-12-6-4-5-7-18-12/h4-8H,9H2,1-3H3,(H,19,20). The second-order valence-corrected chi connectivity index (χ2v) is 5.09. The van der Waals surface area contributed by atoms with Gasteiger partial charge in [0, 0.05) is 11.2 Å². The van der Waals surface area contributed by atoms with Gasteiger partial charge in [-0.1, -0.05) is 17.7 Å². The van der Waals surface area contributed by atoms with Crippen molar-refractivity contribution >= 4 is 17.5 Å². The summed E-state index contributed by atoms with van der Waals surface area (Å²) in [4.78, 5) is 16.6. The lowest BCUT2D eigenvalue weighted by molar-refractivity contribution is 0.0946. The van der Waals surface area contributed by atoms with Gasteiger partial charge in [-0.2, -0.15) is 0 Å². The minimum Gasteiger partial charge on any atom is -0.496 e. The summed E-state index contributed by atoms with van der Waals surface area (Å²) < 4.78 is 5.30. The van der Waals surface area contributed by atoms with E-state index in [9.17, 15) is 4.79 Å². The second-order valence-electron chi connectivity index (χ2n) is 4.71. The molecular formula is C16H17ClN2O2. The fourth-order valence-corrected chi connectivity index (χ4v) is 2.28. The Morgan fingerprint density at radius 2 is 2.14 bits per heavy atom. The summed E-state index contributed by atoms with van der Waals surface area (Å²) in [5, 5.41) is 3.42. The number of nitrogens with zero attached hydrogens (tertiary/aromatic N) is 1. The topological polar surface area (TPSA) is 51.2 Å². The van der Waals surface area contributed by atoms with Crippen LogP contribution in [0.25, 0.3) is 0 Å². The number of hydrogen-bond acceptors (Lipinski definition) is 3. The average molecular weight is 305 g/mol. The molecule has 110 valence electrons. The highest BCUT2D eigenvalue weighted by molar-refractivity contribution is 6.32. The van der Waals surface area contributed by atoms with Gasteiger partial charge in [0.25, 0.3) is 5.91 Å². The Morgan fingerprint density at radius 1 is 1.38 bits per heavy atom. The van der Waals surface area contributed by atoms with E-state index in [0.717, 1.165) is 11.3 Å². The number of nitrogens with one attached hydrogen (secondary N) is 1. The molecule has 0 spiro atoms. The summed E-state index contributed by atoms with van der Waals surface area (Å²) in [5.41, 5.74) is 2.85. The zero-order valence-electron chi connectivity index (χ0n) is 12.2. The fourth-order valence-electron chi connectivity index (χ4n) is 2.13. The Morgan fingerprint density at radius 3 is 2.76 bits per heavy atom. The molecule has 1 aromatic heterocycles. The number of rotatable bonds is 4. The number of ether oxygens (including phenoxy) is 1. The lowest BCUT2D eigenvalue weighted by Crippen LogP contribution is -2.25. The molecule has 0 aliphatic carbocycles. The van der Waals surface area contributed by atoms with Gasteiger partial charge in [-0.05, 0) is 43.2 Å². The van der Waals surface area contributed by atoms with Gasteiger partial charge in [0.15, 0.2) is 0 Å². The maximum atomic E-state index is 12.4. The quantitative estimate of drug-likeness (QED) is 0.943. The number of amides is 1. The predicted octanol–water partition coefficient (Wildman–Crippen LogP) is 3.29. The highest BCUT2D eigenvalue weighted by atomic mass is 35.5. The second kappa shape index (κ2) is 6.59. The van der Waals surface area contributed by atoms with Crippen molar-refractivity contribution in [1.29, 1.82) is 0 Å². The van der Waals surface area contributed by atoms with Gasteiger partial charge in [0.2, 0.25) is 0 Å². The molecular weight excluding hydrogens is 288 g/mol. The maximum Gasteiger partial charge on any atom is 0.255 e. The largest absolute Gasteiger partial charge is 0.496 e. The van der Waals surface area contributed by atoms with E-state index in [2.05, 4.69) is 10.3 Å². The van der Waals surface area contributed by atoms with Gasteiger partial charge >= 0.3 is 0 Å². The maximum absolute atomic E-state index is 12.4. The van der Waals surface area contributed by atoms with Crippen LogP contribution in [0.4, 0.5) is 0 Å². The van der Waals surface area contributed by atoms with Gasteiger partial charge in [-0.15, -0.1) is 0 Å². The molecule has 0 saturated carbocycles. The van der Waals surface area contributed by atoms with Crippen LogP contribution in [-0.4, -0.2) is 18.0 Å². The van der Waals surface area contributed by atoms with Crippen LogP contribution in [0.1, 0.15) is 27.2 Å². The summed E-state index contributed by atoms with van der Waals surface area (Å²) in [6.45, 7) is 4.05. The highest BCUT2D eigenvalue weighted by Gasteiger charge is 2.19. The minimum absolute atomic E-state index is 0.225. The first-order valence-electron chi connectivity index (χ1n) is 6.56. The lowest BCUT2D eigenvalue weighted by atomic mass is 10.0. The molecule has 0 aliphatic rings. The number of aromatic nitrogens is 1. The van der Waals surface area contributed by atoms with Crippen molar-refractivity contribution in [3.8, 4) is 5.75 Å². The van der Waals surface area contributed by atoms with E-state index in [0.29, 0.717) is 28.4 Å². The van der Waals surface area contributed by atoms with Crippen molar-refractivity contribution in [2.24, 2.45) is 0 Å². The zero-order chi connectivity index (χ0) is 15.4. The summed E-state index contributed by atoms with van der Waals surface area (Å²) >= 11 is 6.23. The molecule has 0 fully saturated rings. The fraction of sp³-hybridized carbons (Fsp3) is 0.250. The van der Waals surface area contributed by atoms with Crippen molar-refractivity contribution in [1.82, 2.24) is 10.3 Å². The van der Waals surface area contributed by atoms with Crippen LogP contribution in [0.3, 0.4) is 0 Å². The molecule has 4 nitrogen and oxygen atoms in total. The van der Waals surface area contributed by atoms with Crippen LogP contribution < -0.4 is 10.1 Å². The predicted molar refractivity (Wildman–Crippen MR) is 82.9 cm³/mol. The van der Waals surface area contributed by atoms with Gasteiger partial charge in [-0.3, -0.25) is 9.78 Å². The first kappa shape index (κ1) is 15.3. The first-order valence-corrected chi connectivity index (χ1v) is 6.94. The van der Waals surface area contributed by atoms with Gasteiger partial charge < -0.3 is 10.1 Å². The molecule has 0 radical (unpaired) electrons. The number of halogens is 1. The number of aryl methyl sites for hydroxylation is 1. The van der Waals surface area contributed by atoms with Gasteiger partial charge in [0.05, 0.1) is 24.9 Å². The lowest BCUT2D eigenvalue weighted by Gasteiger charge is -2.14. The molecule has 21 heavy (non-hydrogen) atoms. The number of carbonyl (C=O) groups excluding carboxylic acids is 1. The van der Waals surface area contributed by atoms with Crippen molar-refractivity contribution in [2.75, 3.05) is 7.11 Å². The van der Waals surface area contributed by atoms with Crippen LogP contribution in [0.5, 0.6) is 5.75 Å². The molecule has 1 aromatic carbocycles. The summed E-state index contributed by atoms with van der Waals surface area (Å²) in [7, 11) is 1.54. The van der Waals surface area contributed by atoms with E-state index in [1.165, 1.54) is 7.11 Å². The number of benzene rings is 1. The van der Waals surface area contributed by atoms with Crippen LogP contribution in [0.2, 0.25) is 5.02 Å². The SMILES string of the molecule is COc1cc(C)c(Cl)c(C)c1C(=O)NCc1ccccn1. The normalized spacial score (nSPS) is 10.3. The number of pyridine rings is 1. The first-order chi connectivity index (χ1) is 10.0. The van der Waals surface area contributed by atoms with E-state index in [4.69, 9.17) is 16.3 Å². The van der Waals surface area contributed by atoms with Crippen molar-refractivity contribution in [3.63, 3.8) is 0 Å². The van der Waals surface area contributed by atoms with Crippen molar-refractivity contribution < 1.29 is 9.53 Å². The Kier molecular flexibility index (Phi) is 4.81. The molecule has 1 N–H and O–H groups in total. The molecule has 1 heterocycles. The number of carbonyl (C=O) groups is 1. The molecule has 0 unspecified atom stereocenters. The Bertz CT molecular complexity index is 657. The number of hydrogen-bond donors (Lipinski definition) is 1. The Balaban J connectivity index is 2.25. The Hall–Kier alpha value is -2.07. The van der Waals surface area contributed by atoms with Crippen LogP contribution >= 0.6 is 11.6 Å². The Labute approximate surface area is 129 Å². The smallest absolute Gasteiger partial charge is 0.255 e. The molecule has 0 atom stereocenters. The highest BCUT2D eigenvalue weighted by Crippen LogP contribution is 2.31. The molecule has 2 rings (SSSR count). The van der Waals surface area contributed by atoms with Crippen molar-refractivity contribution in [3.05, 3.63) is 57.9 Å². The van der Waals surface area contributed by atoms with E-state index in [1.807, 2.05) is 32.0 Å². The van der Waals surface area contributed by atoms with Crippen LogP contribution in [-0.2, 0) is 6.54 Å². The molecule has 0 saturated heterocycles. The van der Waals surface area contributed by atoms with E-state index >= 15 is 0 Å². The molecule has 2 aromatic rings. The average Bonchev–Trinajstić information content (AvgIpc) is 2.51. The summed E-state index contributed by atoms with van der Waals surface area (Å²) in [6.07, 6.45) is 1.69. The third-order valence-corrected chi connectivity index (χ3v) is 3.83. The van der Waals surface area contributed by atoms with Crippen LogP contribution in [0.15, 0.2) is 30.5 Å². The third kappa shape index (κ3) is 3.34. The monoisotopic (exact) mass is 304 g/mol. The summed E-state index contributed by atoms with van der Waals surface area (Å²) in [5.74, 6) is 0.296. The molecule has 5 heteroatoms. The minimum atomic E-state index is -0.225. The van der Waals surface area contributed by atoms with Gasteiger partial charge in [-0.25, -0.2) is 0 Å². The van der Waals surface area contributed by atoms with Crippen molar-refractivity contribution in [2.45, 2.75) is 20.4 Å². The third-order valence-electron chi connectivity index (χ3n) is 3.25. The zero-order valence-corrected chi connectivity index (χ0v) is 13.0. The molecule has 0 bridgehead atoms. The van der Waals surface area contributed by atoms with Crippen LogP contribution in [0, 0.1) is 13.8 Å². The summed E-state index contributed by atoms with van der Waals surface area (Å²) in [6, 6.07) is 7.33. The van der Waals surface area contributed by atoms with E-state index < -0.39 is 0 Å². The number of methoxy groups -OCH3 is 1. The molecule has 0 aliphatic heterocycles.